The molecule has 4 heteroatoms. The average molecular weight is 215 g/mol. The number of hydrogen-bond acceptors (Lipinski definition) is 2. The van der Waals surface area contributed by atoms with E-state index in [0.717, 1.165) is 13.0 Å². The molecular formula is C11H25N3O. The van der Waals surface area contributed by atoms with Gasteiger partial charge in [0.05, 0.1) is 5.54 Å². The van der Waals surface area contributed by atoms with E-state index in [4.69, 9.17) is 5.73 Å². The first-order chi connectivity index (χ1) is 6.96. The van der Waals surface area contributed by atoms with Gasteiger partial charge in [0.25, 0.3) is 0 Å². The van der Waals surface area contributed by atoms with Gasteiger partial charge >= 0.3 is 6.03 Å². The Kier molecular flexibility index (Phi) is 5.65. The smallest absolute Gasteiger partial charge is 0.320 e. The molecule has 4 nitrogen and oxygen atoms in total. The van der Waals surface area contributed by atoms with Crippen LogP contribution in [0.5, 0.6) is 0 Å². The minimum absolute atomic E-state index is 0.0646. The first-order valence-corrected chi connectivity index (χ1v) is 5.69. The molecule has 0 saturated heterocycles. The maximum absolute atomic E-state index is 12.1. The molecule has 2 N–H and O–H groups in total. The lowest BCUT2D eigenvalue weighted by atomic mass is 9.97. The summed E-state index contributed by atoms with van der Waals surface area (Å²) in [4.78, 5) is 15.6. The van der Waals surface area contributed by atoms with Gasteiger partial charge in [-0.25, -0.2) is 4.79 Å². The van der Waals surface area contributed by atoms with Crippen molar-refractivity contribution in [3.8, 4) is 0 Å². The van der Waals surface area contributed by atoms with Crippen LogP contribution in [0.25, 0.3) is 0 Å². The molecule has 0 heterocycles. The summed E-state index contributed by atoms with van der Waals surface area (Å²) >= 11 is 0. The largest absolute Gasteiger partial charge is 0.328 e. The van der Waals surface area contributed by atoms with Crippen molar-refractivity contribution in [1.29, 1.82) is 0 Å². The zero-order valence-electron chi connectivity index (χ0n) is 10.7. The molecule has 0 radical (unpaired) electrons. The van der Waals surface area contributed by atoms with Gasteiger partial charge in [0.15, 0.2) is 0 Å². The van der Waals surface area contributed by atoms with Crippen LogP contribution in [0, 0.1) is 0 Å². The SMILES string of the molecule is CCN(C)C(=O)N(CC)C(C)(CC)CN. The van der Waals surface area contributed by atoms with E-state index in [1.54, 1.807) is 4.90 Å². The van der Waals surface area contributed by atoms with Crippen molar-refractivity contribution >= 4 is 6.03 Å². The standard InChI is InChI=1S/C11H25N3O/c1-6-11(4,9-12)14(8-3)10(15)13(5)7-2/h6-9,12H2,1-5H3. The van der Waals surface area contributed by atoms with Crippen molar-refractivity contribution in [2.24, 2.45) is 5.73 Å². The Morgan fingerprint density at radius 3 is 2.07 bits per heavy atom. The zero-order valence-corrected chi connectivity index (χ0v) is 10.7. The van der Waals surface area contributed by atoms with Gasteiger partial charge in [-0.1, -0.05) is 6.92 Å². The molecule has 0 aliphatic rings. The van der Waals surface area contributed by atoms with Crippen molar-refractivity contribution in [3.05, 3.63) is 0 Å². The monoisotopic (exact) mass is 215 g/mol. The highest BCUT2D eigenvalue weighted by Gasteiger charge is 2.32. The molecule has 0 aliphatic carbocycles. The van der Waals surface area contributed by atoms with E-state index in [9.17, 15) is 4.79 Å². The molecule has 0 aromatic heterocycles. The number of likely N-dealkylation sites (N-methyl/N-ethyl adjacent to an activating group) is 1. The van der Waals surface area contributed by atoms with E-state index in [0.29, 0.717) is 13.1 Å². The quantitative estimate of drug-likeness (QED) is 0.755. The van der Waals surface area contributed by atoms with Crippen LogP contribution in [0.3, 0.4) is 0 Å². The molecule has 15 heavy (non-hydrogen) atoms. The van der Waals surface area contributed by atoms with Crippen LogP contribution in [0.15, 0.2) is 0 Å². The predicted molar refractivity (Wildman–Crippen MR) is 63.8 cm³/mol. The second kappa shape index (κ2) is 5.95. The highest BCUT2D eigenvalue weighted by atomic mass is 16.2. The van der Waals surface area contributed by atoms with Crippen LogP contribution < -0.4 is 5.73 Å². The number of hydrogen-bond donors (Lipinski definition) is 1. The topological polar surface area (TPSA) is 49.6 Å². The summed E-state index contributed by atoms with van der Waals surface area (Å²) in [5.41, 5.74) is 5.53. The summed E-state index contributed by atoms with van der Waals surface area (Å²) in [7, 11) is 1.82. The lowest BCUT2D eigenvalue weighted by Gasteiger charge is -2.41. The number of amides is 2. The third-order valence-electron chi connectivity index (χ3n) is 3.20. The number of urea groups is 1. The second-order valence-electron chi connectivity index (χ2n) is 4.10. The molecule has 2 amide bonds. The van der Waals surface area contributed by atoms with Crippen molar-refractivity contribution in [2.75, 3.05) is 26.7 Å². The fourth-order valence-electron chi connectivity index (χ4n) is 1.53. The van der Waals surface area contributed by atoms with Crippen LogP contribution in [-0.2, 0) is 0 Å². The Hall–Kier alpha value is -0.770. The number of rotatable bonds is 5. The van der Waals surface area contributed by atoms with E-state index in [1.165, 1.54) is 0 Å². The average Bonchev–Trinajstić information content (AvgIpc) is 2.28. The Morgan fingerprint density at radius 2 is 1.80 bits per heavy atom. The van der Waals surface area contributed by atoms with Gasteiger partial charge in [0, 0.05) is 26.7 Å². The Balaban J connectivity index is 4.81. The molecule has 0 fully saturated rings. The van der Waals surface area contributed by atoms with Gasteiger partial charge in [-0.05, 0) is 27.2 Å². The van der Waals surface area contributed by atoms with Gasteiger partial charge in [0.2, 0.25) is 0 Å². The van der Waals surface area contributed by atoms with Gasteiger partial charge in [-0.2, -0.15) is 0 Å². The third kappa shape index (κ3) is 3.09. The first kappa shape index (κ1) is 14.2. The Bertz CT molecular complexity index is 202. The third-order valence-corrected chi connectivity index (χ3v) is 3.20. The molecule has 0 bridgehead atoms. The van der Waals surface area contributed by atoms with Gasteiger partial charge < -0.3 is 15.5 Å². The fourth-order valence-corrected chi connectivity index (χ4v) is 1.53. The summed E-state index contributed by atoms with van der Waals surface area (Å²) < 4.78 is 0. The minimum atomic E-state index is -0.227. The summed E-state index contributed by atoms with van der Waals surface area (Å²) in [5, 5.41) is 0. The van der Waals surface area contributed by atoms with E-state index in [1.807, 2.05) is 32.7 Å². The highest BCUT2D eigenvalue weighted by Crippen LogP contribution is 2.19. The number of carbonyl (C=O) groups is 1. The maximum atomic E-state index is 12.1. The van der Waals surface area contributed by atoms with Crippen LogP contribution in [0.4, 0.5) is 4.79 Å². The van der Waals surface area contributed by atoms with Crippen molar-refractivity contribution in [1.82, 2.24) is 9.80 Å². The van der Waals surface area contributed by atoms with E-state index >= 15 is 0 Å². The van der Waals surface area contributed by atoms with Crippen LogP contribution in [0.1, 0.15) is 34.1 Å². The molecule has 90 valence electrons. The Morgan fingerprint density at radius 1 is 1.27 bits per heavy atom. The second-order valence-corrected chi connectivity index (χ2v) is 4.10. The Labute approximate surface area is 93.4 Å². The summed E-state index contributed by atoms with van der Waals surface area (Å²) in [6, 6.07) is 0.0646. The number of nitrogens with two attached hydrogens (primary N) is 1. The van der Waals surface area contributed by atoms with E-state index in [-0.39, 0.29) is 11.6 Å². The van der Waals surface area contributed by atoms with Crippen LogP contribution in [0.2, 0.25) is 0 Å². The van der Waals surface area contributed by atoms with Crippen LogP contribution in [-0.4, -0.2) is 48.1 Å². The van der Waals surface area contributed by atoms with Crippen molar-refractivity contribution in [3.63, 3.8) is 0 Å². The number of carbonyl (C=O) groups excluding carboxylic acids is 1. The van der Waals surface area contributed by atoms with Gasteiger partial charge in [-0.15, -0.1) is 0 Å². The van der Waals surface area contributed by atoms with Crippen molar-refractivity contribution in [2.45, 2.75) is 39.7 Å². The molecule has 0 aromatic rings. The van der Waals surface area contributed by atoms with Gasteiger partial charge in [0.1, 0.15) is 0 Å². The fraction of sp³-hybridized carbons (Fsp3) is 0.909. The molecule has 1 unspecified atom stereocenters. The lowest BCUT2D eigenvalue weighted by molar-refractivity contribution is 0.105. The molecular weight excluding hydrogens is 190 g/mol. The van der Waals surface area contributed by atoms with E-state index in [2.05, 4.69) is 6.92 Å². The van der Waals surface area contributed by atoms with Crippen molar-refractivity contribution < 1.29 is 4.79 Å². The first-order valence-electron chi connectivity index (χ1n) is 5.69. The van der Waals surface area contributed by atoms with Crippen LogP contribution >= 0.6 is 0 Å². The normalized spacial score (nSPS) is 14.5. The lowest BCUT2D eigenvalue weighted by Crippen LogP contribution is -2.57. The summed E-state index contributed by atoms with van der Waals surface area (Å²) in [5.74, 6) is 0. The molecule has 0 aromatic carbocycles. The zero-order chi connectivity index (χ0) is 12.1. The maximum Gasteiger partial charge on any atom is 0.320 e. The van der Waals surface area contributed by atoms with E-state index < -0.39 is 0 Å². The minimum Gasteiger partial charge on any atom is -0.328 e. The molecule has 0 saturated carbocycles. The van der Waals surface area contributed by atoms with Gasteiger partial charge in [-0.3, -0.25) is 0 Å². The highest BCUT2D eigenvalue weighted by molar-refractivity contribution is 5.75. The predicted octanol–water partition coefficient (Wildman–Crippen LogP) is 1.51. The summed E-state index contributed by atoms with van der Waals surface area (Å²) in [6.45, 7) is 9.99. The summed E-state index contributed by atoms with van der Waals surface area (Å²) in [6.07, 6.45) is 0.876. The number of nitrogens with zero attached hydrogens (tertiary/aromatic N) is 2. The molecule has 1 atom stereocenters. The molecule has 0 aliphatic heterocycles. The molecule has 0 spiro atoms. The molecule has 0 rings (SSSR count).